The van der Waals surface area contributed by atoms with Crippen molar-refractivity contribution in [2.24, 2.45) is 0 Å². The molecule has 0 saturated carbocycles. The van der Waals surface area contributed by atoms with Crippen molar-refractivity contribution in [1.29, 1.82) is 0 Å². The van der Waals surface area contributed by atoms with Crippen molar-refractivity contribution in [3.63, 3.8) is 0 Å². The van der Waals surface area contributed by atoms with Crippen LogP contribution in [0.4, 0.5) is 32.2 Å². The minimum absolute atomic E-state index is 0.00692. The first kappa shape index (κ1) is 33.7. The fraction of sp³-hybridized carbons (Fsp3) is 0.242. The summed E-state index contributed by atoms with van der Waals surface area (Å²) in [7, 11) is 1.50. The lowest BCUT2D eigenvalue weighted by atomic mass is 10.1. The van der Waals surface area contributed by atoms with Crippen LogP contribution in [0.25, 0.3) is 11.9 Å². The number of hydrogen-bond acceptors (Lipinski definition) is 12. The molecule has 17 heteroatoms. The molecule has 1 fully saturated rings. The van der Waals surface area contributed by atoms with Crippen LogP contribution in [0, 0.1) is 11.6 Å². The molecule has 4 heterocycles. The highest BCUT2D eigenvalue weighted by Gasteiger charge is 2.23. The molecule has 6 rings (SSSR count). The summed E-state index contributed by atoms with van der Waals surface area (Å²) < 4.78 is 35.2. The van der Waals surface area contributed by atoms with Gasteiger partial charge in [0.1, 0.15) is 5.56 Å². The normalized spacial score (nSPS) is 14.4. The van der Waals surface area contributed by atoms with Crippen LogP contribution in [0.3, 0.4) is 0 Å². The van der Waals surface area contributed by atoms with E-state index in [2.05, 4.69) is 46.3 Å². The topological polar surface area (TPSA) is 192 Å². The Labute approximate surface area is 284 Å². The third kappa shape index (κ3) is 7.90. The standard InChI is InChI=1S/C33H34F2N12O3/c1-50-27-28(40-22-9-5-13-37-16-22)42-26(43-29(27)47-32(36)44-33(45-47)41-21-7-3-2-4-8-21)10-6-14-39-30(48)23-17-38-19-46(31(23)49)18-20-11-12-24(34)25(35)15-20/h2-4,6-8,10-12,15,17,19,22,37H,5,9,13-14,16,18H2,1H3,(H,39,48)(H,40,42,43)(H3,36,41,44,45)/b10-6+. The van der Waals surface area contributed by atoms with Gasteiger partial charge in [0.2, 0.25) is 23.5 Å². The summed E-state index contributed by atoms with van der Waals surface area (Å²) in [6.45, 7) is 1.56. The minimum atomic E-state index is -1.04. The average Bonchev–Trinajstić information content (AvgIpc) is 3.49. The van der Waals surface area contributed by atoms with E-state index in [4.69, 9.17) is 10.5 Å². The van der Waals surface area contributed by atoms with Crippen molar-refractivity contribution in [2.75, 3.05) is 43.1 Å². The molecule has 5 aromatic rings. The molecule has 0 aliphatic carbocycles. The number of benzene rings is 2. The minimum Gasteiger partial charge on any atom is -0.490 e. The zero-order chi connectivity index (χ0) is 35.0. The van der Waals surface area contributed by atoms with E-state index in [0.29, 0.717) is 17.1 Å². The number of ether oxygens (including phenoxy) is 1. The summed E-state index contributed by atoms with van der Waals surface area (Å²) in [6.07, 6.45) is 7.47. The van der Waals surface area contributed by atoms with Crippen LogP contribution in [-0.4, -0.2) is 73.0 Å². The van der Waals surface area contributed by atoms with E-state index in [9.17, 15) is 18.4 Å². The lowest BCUT2D eigenvalue weighted by Crippen LogP contribution is -2.38. The Bertz CT molecular complexity index is 2060. The first-order valence-corrected chi connectivity index (χ1v) is 15.7. The van der Waals surface area contributed by atoms with Gasteiger partial charge < -0.3 is 31.7 Å². The number of nitrogens with one attached hydrogen (secondary N) is 4. The summed E-state index contributed by atoms with van der Waals surface area (Å²) in [4.78, 5) is 43.6. The number of carbonyl (C=O) groups excluding carboxylic acids is 1. The van der Waals surface area contributed by atoms with Crippen LogP contribution >= 0.6 is 0 Å². The molecule has 0 spiro atoms. The number of nitrogens with two attached hydrogens (primary N) is 1. The molecule has 1 atom stereocenters. The van der Waals surface area contributed by atoms with Gasteiger partial charge in [0, 0.05) is 31.0 Å². The van der Waals surface area contributed by atoms with Crippen LogP contribution in [0.1, 0.15) is 34.6 Å². The Hall–Kier alpha value is -6.23. The van der Waals surface area contributed by atoms with E-state index in [1.807, 2.05) is 30.3 Å². The number of carbonyl (C=O) groups is 1. The largest absolute Gasteiger partial charge is 0.490 e. The first-order valence-electron chi connectivity index (χ1n) is 15.7. The summed E-state index contributed by atoms with van der Waals surface area (Å²) in [5.74, 6) is -1.20. The second-order valence-corrected chi connectivity index (χ2v) is 11.3. The predicted octanol–water partition coefficient (Wildman–Crippen LogP) is 2.88. The molecular weight excluding hydrogens is 650 g/mol. The number of aromatic nitrogens is 7. The van der Waals surface area contributed by atoms with Crippen LogP contribution < -0.4 is 37.3 Å². The maximum atomic E-state index is 13.7. The van der Waals surface area contributed by atoms with Crippen molar-refractivity contribution in [1.82, 2.24) is 44.9 Å². The molecule has 50 heavy (non-hydrogen) atoms. The fourth-order valence-electron chi connectivity index (χ4n) is 5.28. The number of methoxy groups -OCH3 is 1. The number of amides is 1. The van der Waals surface area contributed by atoms with Gasteiger partial charge in [-0.2, -0.15) is 9.67 Å². The molecule has 2 aromatic carbocycles. The van der Waals surface area contributed by atoms with Crippen LogP contribution in [-0.2, 0) is 6.54 Å². The third-order valence-electron chi connectivity index (χ3n) is 7.70. The summed E-state index contributed by atoms with van der Waals surface area (Å²) >= 11 is 0. The number of nitrogens with zero attached hydrogens (tertiary/aromatic N) is 7. The van der Waals surface area contributed by atoms with Gasteiger partial charge in [-0.05, 0) is 55.3 Å². The molecule has 3 aromatic heterocycles. The molecule has 1 aliphatic heterocycles. The molecule has 1 amide bonds. The molecule has 6 N–H and O–H groups in total. The highest BCUT2D eigenvalue weighted by atomic mass is 19.2. The molecule has 0 bridgehead atoms. The lowest BCUT2D eigenvalue weighted by molar-refractivity contribution is 0.0955. The number of piperidine rings is 1. The summed E-state index contributed by atoms with van der Waals surface area (Å²) in [5.41, 5.74) is 6.53. The van der Waals surface area contributed by atoms with Crippen molar-refractivity contribution in [3.8, 4) is 11.6 Å². The van der Waals surface area contributed by atoms with Crippen LogP contribution in [0.15, 0.2) is 71.9 Å². The molecule has 1 saturated heterocycles. The molecule has 0 radical (unpaired) electrons. The van der Waals surface area contributed by atoms with Crippen LogP contribution in [0.5, 0.6) is 5.75 Å². The number of halogens is 2. The molecule has 1 unspecified atom stereocenters. The Kier molecular flexibility index (Phi) is 10.3. The first-order chi connectivity index (χ1) is 24.3. The Morgan fingerprint density at radius 2 is 1.98 bits per heavy atom. The zero-order valence-corrected chi connectivity index (χ0v) is 26.9. The van der Waals surface area contributed by atoms with E-state index in [1.165, 1.54) is 24.2 Å². The van der Waals surface area contributed by atoms with Crippen molar-refractivity contribution < 1.29 is 18.3 Å². The van der Waals surface area contributed by atoms with E-state index in [-0.39, 0.29) is 48.2 Å². The van der Waals surface area contributed by atoms with Crippen LogP contribution in [0.2, 0.25) is 0 Å². The van der Waals surface area contributed by atoms with Crippen molar-refractivity contribution in [3.05, 3.63) is 106 Å². The summed E-state index contributed by atoms with van der Waals surface area (Å²) in [6, 6.07) is 12.7. The molecule has 1 aliphatic rings. The number of nitrogen functional groups attached to an aromatic ring is 1. The second kappa shape index (κ2) is 15.3. The highest BCUT2D eigenvalue weighted by Crippen LogP contribution is 2.32. The van der Waals surface area contributed by atoms with E-state index in [0.717, 1.165) is 54.5 Å². The molecule has 15 nitrogen and oxygen atoms in total. The fourth-order valence-corrected chi connectivity index (χ4v) is 5.28. The van der Waals surface area contributed by atoms with E-state index >= 15 is 0 Å². The van der Waals surface area contributed by atoms with Gasteiger partial charge in [0.05, 0.1) is 20.0 Å². The monoisotopic (exact) mass is 684 g/mol. The average molecular weight is 685 g/mol. The van der Waals surface area contributed by atoms with Gasteiger partial charge in [-0.15, -0.1) is 5.10 Å². The van der Waals surface area contributed by atoms with Crippen molar-refractivity contribution in [2.45, 2.75) is 25.4 Å². The number of hydrogen-bond donors (Lipinski definition) is 5. The Morgan fingerprint density at radius 1 is 1.14 bits per heavy atom. The van der Waals surface area contributed by atoms with Gasteiger partial charge in [0.25, 0.3) is 11.5 Å². The maximum absolute atomic E-state index is 13.7. The number of anilines is 4. The van der Waals surface area contributed by atoms with Gasteiger partial charge in [0.15, 0.2) is 23.3 Å². The quantitative estimate of drug-likeness (QED) is 0.129. The second-order valence-electron chi connectivity index (χ2n) is 11.3. The van der Waals surface area contributed by atoms with Gasteiger partial charge in [-0.1, -0.05) is 30.3 Å². The SMILES string of the molecule is COc1c(NC2CCCNC2)nc(/C=C/CNC(=O)c2cncn(Cc3ccc(F)c(F)c3)c2=O)nc1-n1nc(Nc2ccccc2)nc1N. The molecular formula is C33H34F2N12O3. The smallest absolute Gasteiger partial charge is 0.266 e. The van der Waals surface area contributed by atoms with Gasteiger partial charge >= 0.3 is 0 Å². The van der Waals surface area contributed by atoms with Crippen molar-refractivity contribution >= 4 is 35.4 Å². The number of para-hydroxylation sites is 1. The zero-order valence-electron chi connectivity index (χ0n) is 26.9. The Balaban J connectivity index is 1.22. The lowest BCUT2D eigenvalue weighted by Gasteiger charge is -2.25. The van der Waals surface area contributed by atoms with Gasteiger partial charge in [-0.25, -0.2) is 23.7 Å². The molecule has 258 valence electrons. The predicted molar refractivity (Wildman–Crippen MR) is 182 cm³/mol. The highest BCUT2D eigenvalue weighted by molar-refractivity contribution is 5.93. The maximum Gasteiger partial charge on any atom is 0.266 e. The summed E-state index contributed by atoms with van der Waals surface area (Å²) in [5, 5.41) is 17.1. The van der Waals surface area contributed by atoms with Gasteiger partial charge in [-0.3, -0.25) is 14.2 Å². The number of rotatable bonds is 12. The Morgan fingerprint density at radius 3 is 2.74 bits per heavy atom. The van der Waals surface area contributed by atoms with E-state index in [1.54, 1.807) is 12.2 Å². The third-order valence-corrected chi connectivity index (χ3v) is 7.70. The van der Waals surface area contributed by atoms with E-state index < -0.39 is 23.1 Å².